The Morgan fingerprint density at radius 1 is 0.178 bits per heavy atom. The van der Waals surface area contributed by atoms with Gasteiger partial charge >= 0.3 is 0 Å². The minimum absolute atomic E-state index is 0.731. The van der Waals surface area contributed by atoms with Crippen LogP contribution in [0.25, 0.3) is 0 Å². The Hall–Kier alpha value is -10.9. The van der Waals surface area contributed by atoms with E-state index in [1.54, 1.807) is 42.7 Å². The van der Waals surface area contributed by atoms with Crippen LogP contribution in [0.4, 0.5) is 0 Å². The molecule has 23 aliphatic rings. The van der Waals surface area contributed by atoms with Crippen LogP contribution in [0, 0.1) is 71.0 Å². The summed E-state index contributed by atoms with van der Waals surface area (Å²) in [4.78, 5) is 0. The molecule has 0 saturated carbocycles. The van der Waals surface area contributed by atoms with Crippen molar-refractivity contribution < 1.29 is 28.4 Å². The van der Waals surface area contributed by atoms with Crippen molar-refractivity contribution in [3.8, 4) is 106 Å². The normalized spacial score (nSPS) is 13.1. The Kier molecular flexibility index (Phi) is 17.0. The van der Waals surface area contributed by atoms with Crippen molar-refractivity contribution in [2.45, 2.75) is 77.0 Å². The molecule has 90 heavy (non-hydrogen) atoms. The summed E-state index contributed by atoms with van der Waals surface area (Å²) in [6, 6.07) is 51.1. The van der Waals surface area contributed by atoms with E-state index < -0.39 is 0 Å². The minimum atomic E-state index is 0.731. The Morgan fingerprint density at radius 3 is 0.444 bits per heavy atom. The predicted octanol–water partition coefficient (Wildman–Crippen LogP) is 14.1. The highest BCUT2D eigenvalue weighted by atomic mass is 16.5. The Morgan fingerprint density at radius 2 is 0.311 bits per heavy atom. The van der Waals surface area contributed by atoms with Gasteiger partial charge in [-0.3, -0.25) is 0 Å². The second-order valence-corrected chi connectivity index (χ2v) is 23.2. The highest BCUT2D eigenvalue weighted by Gasteiger charge is 2.21. The molecule has 0 fully saturated rings. The summed E-state index contributed by atoms with van der Waals surface area (Å²) in [6.07, 6.45) is 8.79. The van der Waals surface area contributed by atoms with Crippen molar-refractivity contribution in [2.24, 2.45) is 0 Å². The van der Waals surface area contributed by atoms with Crippen molar-refractivity contribution in [3.63, 3.8) is 0 Å². The highest BCUT2D eigenvalue weighted by molar-refractivity contribution is 5.62. The molecule has 6 heteroatoms. The van der Waals surface area contributed by atoms with Gasteiger partial charge in [-0.05, 0) is 289 Å². The molecule has 438 valence electrons. The van der Waals surface area contributed by atoms with Gasteiger partial charge in [-0.2, -0.15) is 0 Å². The minimum Gasteiger partial charge on any atom is -0.496 e. The first kappa shape index (κ1) is 58.2. The maximum absolute atomic E-state index is 6.05. The quantitative estimate of drug-likeness (QED) is 0.155. The molecule has 9 aromatic rings. The van der Waals surface area contributed by atoms with E-state index >= 15 is 0 Å². The summed E-state index contributed by atoms with van der Waals surface area (Å²) >= 11 is 0. The van der Waals surface area contributed by atoms with Crippen LogP contribution in [0.3, 0.4) is 0 Å². The van der Waals surface area contributed by atoms with Gasteiger partial charge in [0, 0.05) is 66.8 Å². The van der Waals surface area contributed by atoms with Gasteiger partial charge in [0.15, 0.2) is 0 Å². The lowest BCUT2D eigenvalue weighted by atomic mass is 9.90. The summed E-state index contributed by atoms with van der Waals surface area (Å²) < 4.78 is 36.3. The monoisotopic (exact) mass is 1170 g/mol. The topological polar surface area (TPSA) is 55.4 Å². The van der Waals surface area contributed by atoms with E-state index in [2.05, 4.69) is 217 Å². The lowest BCUT2D eigenvalue weighted by Crippen LogP contribution is -2.06. The van der Waals surface area contributed by atoms with E-state index in [0.717, 1.165) is 245 Å². The van der Waals surface area contributed by atoms with Gasteiger partial charge in [-0.25, -0.2) is 0 Å². The van der Waals surface area contributed by atoms with Crippen LogP contribution in [-0.4, -0.2) is 42.7 Å². The van der Waals surface area contributed by atoms with E-state index in [1.165, 1.54) is 0 Å². The lowest BCUT2D eigenvalue weighted by molar-refractivity contribution is 0.406. The van der Waals surface area contributed by atoms with Crippen molar-refractivity contribution in [3.05, 3.63) is 279 Å². The second-order valence-electron chi connectivity index (χ2n) is 23.2. The van der Waals surface area contributed by atoms with E-state index in [1.807, 2.05) is 0 Å². The number of methoxy groups -OCH3 is 6. The maximum atomic E-state index is 6.05. The fourth-order valence-corrected chi connectivity index (χ4v) is 12.6. The molecule has 0 atom stereocenters. The van der Waals surface area contributed by atoms with Crippen LogP contribution in [0.15, 0.2) is 146 Å². The molecule has 0 aromatic heterocycles. The molecule has 0 unspecified atom stereocenters. The molecular weight excluding hydrogens is 1100 g/mol. The molecular formula is C84H66O6. The lowest BCUT2D eigenvalue weighted by Gasteiger charge is -2.18. The Bertz CT molecular complexity index is 3960. The van der Waals surface area contributed by atoms with Crippen molar-refractivity contribution >= 4 is 0 Å². The van der Waals surface area contributed by atoms with Crippen molar-refractivity contribution in [1.29, 1.82) is 0 Å². The highest BCUT2D eigenvalue weighted by Crippen LogP contribution is 2.36. The molecule has 0 amide bonds. The van der Waals surface area contributed by atoms with Crippen LogP contribution < -0.4 is 28.4 Å². The van der Waals surface area contributed by atoms with Crippen molar-refractivity contribution in [1.82, 2.24) is 0 Å². The number of hydrogen-bond acceptors (Lipinski definition) is 6. The van der Waals surface area contributed by atoms with Gasteiger partial charge in [0.05, 0.1) is 42.7 Å². The van der Waals surface area contributed by atoms with Gasteiger partial charge in [-0.15, -0.1) is 0 Å². The van der Waals surface area contributed by atoms with Crippen LogP contribution in [0.2, 0.25) is 0 Å². The van der Waals surface area contributed by atoms with E-state index in [-0.39, 0.29) is 0 Å². The Labute approximate surface area is 529 Å². The first-order valence-electron chi connectivity index (χ1n) is 30.8. The summed E-state index contributed by atoms with van der Waals surface area (Å²) in [5.41, 5.74) is 24.7. The third-order valence-electron chi connectivity index (χ3n) is 17.7. The van der Waals surface area contributed by atoms with Crippen LogP contribution in [0.1, 0.15) is 134 Å². The largest absolute Gasteiger partial charge is 0.496 e. The predicted molar refractivity (Wildman–Crippen MR) is 358 cm³/mol. The summed E-state index contributed by atoms with van der Waals surface area (Å²) in [5.74, 6) is 47.6. The van der Waals surface area contributed by atoms with E-state index in [0.29, 0.717) is 0 Å². The van der Waals surface area contributed by atoms with Crippen LogP contribution in [0.5, 0.6) is 34.5 Å². The van der Waals surface area contributed by atoms with Crippen LogP contribution in [-0.2, 0) is 77.0 Å². The zero-order chi connectivity index (χ0) is 61.5. The molecule has 0 spiro atoms. The molecule has 0 radical (unpaired) electrons. The SMILES string of the molecule is COc1cc2c3cc1CCc1cc(OC)c(cc1C#Cc1ccc(cc1)C#Cc1cc4c(OC)cc1CCc1cc(c(cc1OC)CC4)C#Cc1ccc(cc1)C#Cc1cc4c(OC)cc1CCc1cc(c(cc1OC)CC4)C#Cc1ccc(cc1)C#C3)CC2. The first-order chi connectivity index (χ1) is 44.2. The zero-order valence-electron chi connectivity index (χ0n) is 51.8. The summed E-state index contributed by atoms with van der Waals surface area (Å²) in [6.45, 7) is 0. The summed E-state index contributed by atoms with van der Waals surface area (Å²) in [7, 11) is 10.5. The number of aryl methyl sites for hydroxylation is 12. The Balaban J connectivity index is 0.880. The zero-order valence-corrected chi connectivity index (χ0v) is 51.8. The van der Waals surface area contributed by atoms with Gasteiger partial charge in [0.1, 0.15) is 34.5 Å². The fourth-order valence-electron chi connectivity index (χ4n) is 12.6. The second kappa shape index (κ2) is 26.2. The summed E-state index contributed by atoms with van der Waals surface area (Å²) in [5, 5.41) is 0. The molecule has 0 aliphatic heterocycles. The number of hydrogen-bond donors (Lipinski definition) is 0. The smallest absolute Gasteiger partial charge is 0.122 e. The molecule has 9 aromatic carbocycles. The first-order valence-corrected chi connectivity index (χ1v) is 30.8. The van der Waals surface area contributed by atoms with E-state index in [4.69, 9.17) is 28.4 Å². The number of rotatable bonds is 6. The van der Waals surface area contributed by atoms with Gasteiger partial charge < -0.3 is 28.4 Å². The molecule has 24 bridgehead atoms. The molecule has 0 saturated heterocycles. The van der Waals surface area contributed by atoms with Gasteiger partial charge in [0.2, 0.25) is 0 Å². The molecule has 0 N–H and O–H groups in total. The molecule has 23 aliphatic carbocycles. The molecule has 0 heterocycles. The molecule has 32 rings (SSSR count). The standard InChI is InChI=1S/C84H66O6/c1-85-79-49-67-32-38-74-44-62-26-20-56-11-13-58(14-12-56)22-28-64-46-77-42-36-72-54-84(90-6)78(41-35-70(64)52-82(77)88-4)48-66(72)30-24-60-17-15-59(16-18-60)23-29-65-47-76-39-33-69-51-81(87-3)75(40-34-71(65)53-83(76)89-5)45-63(69)27-21-57-9-7-55(8-10-57)19-25-61(67)43-73(79)37-31-68(62)50-80(74)86-2/h7-18,43-54H,31-42H2,1-6H3. The average Bonchev–Trinajstić information content (AvgIpc) is 1.39. The number of ether oxygens (including phenoxy) is 6. The fraction of sp³-hybridized carbons (Fsp3) is 0.214. The molecule has 6 nitrogen and oxygen atoms in total. The third kappa shape index (κ3) is 12.8. The van der Waals surface area contributed by atoms with Gasteiger partial charge in [0.25, 0.3) is 0 Å². The van der Waals surface area contributed by atoms with Crippen molar-refractivity contribution in [2.75, 3.05) is 42.7 Å². The maximum Gasteiger partial charge on any atom is 0.122 e. The van der Waals surface area contributed by atoms with E-state index in [9.17, 15) is 0 Å². The third-order valence-corrected chi connectivity index (χ3v) is 17.7. The number of benzene rings is 9. The average molecular weight is 1170 g/mol. The van der Waals surface area contributed by atoms with Crippen LogP contribution >= 0.6 is 0 Å². The van der Waals surface area contributed by atoms with Gasteiger partial charge in [-0.1, -0.05) is 71.0 Å².